The van der Waals surface area contributed by atoms with Gasteiger partial charge in [-0.2, -0.15) is 0 Å². The highest BCUT2D eigenvalue weighted by Crippen LogP contribution is 2.34. The first-order chi connectivity index (χ1) is 12.5. The van der Waals surface area contributed by atoms with E-state index < -0.39 is 0 Å². The fraction of sp³-hybridized carbons (Fsp3) is 0.435. The van der Waals surface area contributed by atoms with Crippen LogP contribution >= 0.6 is 0 Å². The molecule has 2 aliphatic heterocycles. The smallest absolute Gasteiger partial charge is 0.248 e. The molecular formula is C23H28N2O. The number of hydrogen-bond donors (Lipinski definition) is 1. The van der Waals surface area contributed by atoms with Gasteiger partial charge in [-0.1, -0.05) is 49.2 Å². The summed E-state index contributed by atoms with van der Waals surface area (Å²) in [6.07, 6.45) is 7.50. The SMILES string of the molecule is CC1(C)Cc2c(ccc3ccccc23)C(=CC(=O)N2CCCCCC2)N1. The van der Waals surface area contributed by atoms with E-state index in [1.807, 2.05) is 11.0 Å². The summed E-state index contributed by atoms with van der Waals surface area (Å²) in [4.78, 5) is 14.9. The van der Waals surface area contributed by atoms with Gasteiger partial charge in [-0.25, -0.2) is 0 Å². The minimum absolute atomic E-state index is 0.0674. The molecule has 0 unspecified atom stereocenters. The first kappa shape index (κ1) is 17.1. The summed E-state index contributed by atoms with van der Waals surface area (Å²) in [5, 5.41) is 6.18. The molecular weight excluding hydrogens is 320 g/mol. The van der Waals surface area contributed by atoms with Crippen LogP contribution in [0.15, 0.2) is 42.5 Å². The summed E-state index contributed by atoms with van der Waals surface area (Å²) in [6, 6.07) is 12.9. The van der Waals surface area contributed by atoms with Crippen molar-refractivity contribution in [1.29, 1.82) is 0 Å². The Labute approximate surface area is 156 Å². The zero-order valence-corrected chi connectivity index (χ0v) is 15.8. The number of rotatable bonds is 1. The highest BCUT2D eigenvalue weighted by atomic mass is 16.2. The van der Waals surface area contributed by atoms with Gasteiger partial charge in [0.25, 0.3) is 0 Å². The van der Waals surface area contributed by atoms with Crippen LogP contribution < -0.4 is 5.32 Å². The van der Waals surface area contributed by atoms with E-state index in [0.717, 1.165) is 38.0 Å². The van der Waals surface area contributed by atoms with Crippen LogP contribution in [0, 0.1) is 0 Å². The topological polar surface area (TPSA) is 32.3 Å². The van der Waals surface area contributed by atoms with Gasteiger partial charge in [0.1, 0.15) is 0 Å². The summed E-state index contributed by atoms with van der Waals surface area (Å²) >= 11 is 0. The van der Waals surface area contributed by atoms with Gasteiger partial charge in [-0.15, -0.1) is 0 Å². The molecule has 1 fully saturated rings. The Kier molecular flexibility index (Phi) is 4.47. The largest absolute Gasteiger partial charge is 0.379 e. The predicted molar refractivity (Wildman–Crippen MR) is 108 cm³/mol. The van der Waals surface area contributed by atoms with E-state index in [1.54, 1.807) is 0 Å². The lowest BCUT2D eigenvalue weighted by atomic mass is 9.83. The fourth-order valence-electron chi connectivity index (χ4n) is 4.32. The van der Waals surface area contributed by atoms with Crippen LogP contribution in [-0.4, -0.2) is 29.4 Å². The monoisotopic (exact) mass is 348 g/mol. The standard InChI is InChI=1S/C23H28N2O/c1-23(2)16-20-18-10-6-5-9-17(18)11-12-19(20)21(24-23)15-22(26)25-13-7-3-4-8-14-25/h5-6,9-12,15,24H,3-4,7-8,13-14,16H2,1-2H3. The van der Waals surface area contributed by atoms with E-state index in [4.69, 9.17) is 0 Å². The highest BCUT2D eigenvalue weighted by molar-refractivity contribution is 5.98. The molecule has 0 radical (unpaired) electrons. The molecule has 26 heavy (non-hydrogen) atoms. The number of hydrogen-bond acceptors (Lipinski definition) is 2. The number of fused-ring (bicyclic) bond motifs is 3. The third kappa shape index (κ3) is 3.35. The van der Waals surface area contributed by atoms with Gasteiger partial charge in [-0.05, 0) is 49.4 Å². The molecule has 4 rings (SSSR count). The van der Waals surface area contributed by atoms with Crippen LogP contribution in [0.5, 0.6) is 0 Å². The second kappa shape index (κ2) is 6.79. The molecule has 2 aliphatic rings. The minimum atomic E-state index is -0.0674. The maximum absolute atomic E-state index is 12.9. The van der Waals surface area contributed by atoms with Gasteiger partial charge in [0, 0.05) is 36.0 Å². The van der Waals surface area contributed by atoms with Crippen LogP contribution in [0.2, 0.25) is 0 Å². The molecule has 0 saturated carbocycles. The molecule has 1 saturated heterocycles. The highest BCUT2D eigenvalue weighted by Gasteiger charge is 2.29. The van der Waals surface area contributed by atoms with Crippen LogP contribution in [0.25, 0.3) is 16.5 Å². The molecule has 3 heteroatoms. The van der Waals surface area contributed by atoms with Crippen molar-refractivity contribution in [1.82, 2.24) is 10.2 Å². The number of carbonyl (C=O) groups is 1. The van der Waals surface area contributed by atoms with Crippen molar-refractivity contribution in [3.8, 4) is 0 Å². The Balaban J connectivity index is 1.75. The lowest BCUT2D eigenvalue weighted by molar-refractivity contribution is -0.125. The first-order valence-electron chi connectivity index (χ1n) is 9.83. The number of benzene rings is 2. The summed E-state index contributed by atoms with van der Waals surface area (Å²) < 4.78 is 0. The van der Waals surface area contributed by atoms with Gasteiger partial charge < -0.3 is 10.2 Å². The molecule has 0 bridgehead atoms. The molecule has 0 atom stereocenters. The fourth-order valence-corrected chi connectivity index (χ4v) is 4.32. The summed E-state index contributed by atoms with van der Waals surface area (Å²) in [6.45, 7) is 6.19. The normalized spacial score (nSPS) is 21.2. The lowest BCUT2D eigenvalue weighted by Crippen LogP contribution is -2.44. The van der Waals surface area contributed by atoms with E-state index in [0.29, 0.717) is 0 Å². The van der Waals surface area contributed by atoms with E-state index in [-0.39, 0.29) is 11.4 Å². The van der Waals surface area contributed by atoms with Crippen LogP contribution in [0.3, 0.4) is 0 Å². The van der Waals surface area contributed by atoms with E-state index in [2.05, 4.69) is 55.6 Å². The molecule has 136 valence electrons. The van der Waals surface area contributed by atoms with Crippen LogP contribution in [0.4, 0.5) is 0 Å². The third-order valence-corrected chi connectivity index (χ3v) is 5.61. The molecule has 3 nitrogen and oxygen atoms in total. The molecule has 0 aromatic heterocycles. The maximum Gasteiger partial charge on any atom is 0.248 e. The summed E-state index contributed by atoms with van der Waals surface area (Å²) in [5.41, 5.74) is 3.42. The Morgan fingerprint density at radius 2 is 1.77 bits per heavy atom. The zero-order chi connectivity index (χ0) is 18.1. The lowest BCUT2D eigenvalue weighted by Gasteiger charge is -2.36. The number of carbonyl (C=O) groups excluding carboxylic acids is 1. The molecule has 0 spiro atoms. The Bertz CT molecular complexity index is 858. The van der Waals surface area contributed by atoms with Gasteiger partial charge in [0.2, 0.25) is 5.91 Å². The van der Waals surface area contributed by atoms with Crippen molar-refractivity contribution in [3.05, 3.63) is 53.6 Å². The van der Waals surface area contributed by atoms with Crippen LogP contribution in [-0.2, 0) is 11.2 Å². The number of amides is 1. The van der Waals surface area contributed by atoms with Gasteiger partial charge in [0.05, 0.1) is 0 Å². The van der Waals surface area contributed by atoms with E-state index in [1.165, 1.54) is 34.7 Å². The second-order valence-corrected chi connectivity index (χ2v) is 8.30. The van der Waals surface area contributed by atoms with Crippen molar-refractivity contribution >= 4 is 22.4 Å². The number of likely N-dealkylation sites (tertiary alicyclic amines) is 1. The molecule has 2 heterocycles. The summed E-state index contributed by atoms with van der Waals surface area (Å²) in [7, 11) is 0. The van der Waals surface area contributed by atoms with Crippen molar-refractivity contribution < 1.29 is 4.79 Å². The maximum atomic E-state index is 12.9. The molecule has 2 aromatic carbocycles. The number of nitrogens with zero attached hydrogens (tertiary/aromatic N) is 1. The average molecular weight is 348 g/mol. The second-order valence-electron chi connectivity index (χ2n) is 8.30. The van der Waals surface area contributed by atoms with Gasteiger partial charge in [0.15, 0.2) is 0 Å². The van der Waals surface area contributed by atoms with Crippen LogP contribution in [0.1, 0.15) is 50.7 Å². The molecule has 2 aromatic rings. The van der Waals surface area contributed by atoms with Crippen molar-refractivity contribution in [2.24, 2.45) is 0 Å². The quantitative estimate of drug-likeness (QED) is 0.769. The third-order valence-electron chi connectivity index (χ3n) is 5.61. The zero-order valence-electron chi connectivity index (χ0n) is 15.8. The molecule has 1 N–H and O–H groups in total. The average Bonchev–Trinajstić information content (AvgIpc) is 2.90. The van der Waals surface area contributed by atoms with E-state index >= 15 is 0 Å². The van der Waals surface area contributed by atoms with Gasteiger partial charge >= 0.3 is 0 Å². The van der Waals surface area contributed by atoms with Crippen molar-refractivity contribution in [2.75, 3.05) is 13.1 Å². The van der Waals surface area contributed by atoms with Gasteiger partial charge in [-0.3, -0.25) is 4.79 Å². The first-order valence-corrected chi connectivity index (χ1v) is 9.83. The Morgan fingerprint density at radius 1 is 1.04 bits per heavy atom. The Hall–Kier alpha value is -2.29. The predicted octanol–water partition coefficient (Wildman–Crippen LogP) is 4.51. The number of nitrogens with one attached hydrogen (secondary N) is 1. The Morgan fingerprint density at radius 3 is 2.54 bits per heavy atom. The molecule has 1 amide bonds. The summed E-state index contributed by atoms with van der Waals surface area (Å²) in [5.74, 6) is 0.145. The molecule has 0 aliphatic carbocycles. The van der Waals surface area contributed by atoms with Crippen molar-refractivity contribution in [2.45, 2.75) is 51.5 Å². The van der Waals surface area contributed by atoms with Crippen molar-refractivity contribution in [3.63, 3.8) is 0 Å². The minimum Gasteiger partial charge on any atom is -0.379 e. The van der Waals surface area contributed by atoms with E-state index in [9.17, 15) is 4.79 Å².